The van der Waals surface area contributed by atoms with Gasteiger partial charge in [-0.05, 0) is 47.5 Å². The molecule has 104 valence electrons. The standard InChI is InChI=1S/C13H18BrN3O2/c1-2-9-10(14)11(16-15-9)12(18)17-6-5-13(19,7-17)8-3-4-8/h8,19H,2-7H2,1H3,(H,15,16). The van der Waals surface area contributed by atoms with E-state index in [1.807, 2.05) is 6.92 Å². The topological polar surface area (TPSA) is 69.2 Å². The average molecular weight is 328 g/mol. The molecule has 0 aromatic carbocycles. The molecule has 3 rings (SSSR count). The number of rotatable bonds is 3. The summed E-state index contributed by atoms with van der Waals surface area (Å²) in [5.74, 6) is 0.290. The number of carbonyl (C=O) groups excluding carboxylic acids is 1. The Kier molecular flexibility index (Phi) is 3.17. The average Bonchev–Trinajstić information content (AvgIpc) is 3.09. The van der Waals surface area contributed by atoms with Gasteiger partial charge in [0.2, 0.25) is 0 Å². The minimum atomic E-state index is -0.661. The molecule has 1 saturated carbocycles. The van der Waals surface area contributed by atoms with Crippen molar-refractivity contribution in [1.29, 1.82) is 0 Å². The molecule has 1 aromatic rings. The second kappa shape index (κ2) is 4.59. The fourth-order valence-corrected chi connectivity index (χ4v) is 3.46. The molecule has 19 heavy (non-hydrogen) atoms. The van der Waals surface area contributed by atoms with Crippen LogP contribution in [0.15, 0.2) is 4.47 Å². The lowest BCUT2D eigenvalue weighted by Crippen LogP contribution is -2.37. The summed E-state index contributed by atoms with van der Waals surface area (Å²) in [5.41, 5.74) is 0.698. The maximum Gasteiger partial charge on any atom is 0.275 e. The Morgan fingerprint density at radius 3 is 2.95 bits per heavy atom. The number of aromatic nitrogens is 2. The van der Waals surface area contributed by atoms with Gasteiger partial charge in [0.1, 0.15) is 0 Å². The minimum absolute atomic E-state index is 0.0978. The van der Waals surface area contributed by atoms with Crippen molar-refractivity contribution in [2.45, 2.75) is 38.2 Å². The Morgan fingerprint density at radius 2 is 2.37 bits per heavy atom. The van der Waals surface area contributed by atoms with E-state index in [2.05, 4.69) is 26.1 Å². The van der Waals surface area contributed by atoms with Crippen LogP contribution in [0.5, 0.6) is 0 Å². The maximum absolute atomic E-state index is 12.4. The zero-order chi connectivity index (χ0) is 13.6. The molecule has 1 aliphatic carbocycles. The molecule has 2 aliphatic rings. The molecule has 6 heteroatoms. The fraction of sp³-hybridized carbons (Fsp3) is 0.692. The summed E-state index contributed by atoms with van der Waals surface area (Å²) in [4.78, 5) is 14.2. The van der Waals surface area contributed by atoms with Gasteiger partial charge in [0.05, 0.1) is 16.6 Å². The summed E-state index contributed by atoms with van der Waals surface area (Å²) in [5, 5.41) is 17.5. The van der Waals surface area contributed by atoms with Gasteiger partial charge in [-0.15, -0.1) is 0 Å². The number of H-pyrrole nitrogens is 1. The van der Waals surface area contributed by atoms with Crippen molar-refractivity contribution in [2.24, 2.45) is 5.92 Å². The molecule has 2 N–H and O–H groups in total. The zero-order valence-corrected chi connectivity index (χ0v) is 12.5. The van der Waals surface area contributed by atoms with Gasteiger partial charge in [0, 0.05) is 12.2 Å². The van der Waals surface area contributed by atoms with Crippen LogP contribution in [-0.4, -0.2) is 44.8 Å². The molecule has 1 aromatic heterocycles. The first-order valence-electron chi connectivity index (χ1n) is 6.79. The number of nitrogens with zero attached hydrogens (tertiary/aromatic N) is 2. The number of aliphatic hydroxyl groups is 1. The van der Waals surface area contributed by atoms with Crippen molar-refractivity contribution in [1.82, 2.24) is 15.1 Å². The highest BCUT2D eigenvalue weighted by atomic mass is 79.9. The number of amides is 1. The second-order valence-electron chi connectivity index (χ2n) is 5.57. The van der Waals surface area contributed by atoms with Crippen LogP contribution in [0.4, 0.5) is 0 Å². The van der Waals surface area contributed by atoms with E-state index < -0.39 is 5.60 Å². The second-order valence-corrected chi connectivity index (χ2v) is 6.37. The van der Waals surface area contributed by atoms with Gasteiger partial charge < -0.3 is 10.0 Å². The molecular weight excluding hydrogens is 310 g/mol. The van der Waals surface area contributed by atoms with Gasteiger partial charge in [-0.3, -0.25) is 9.89 Å². The lowest BCUT2D eigenvalue weighted by atomic mass is 9.97. The number of hydrogen-bond acceptors (Lipinski definition) is 3. The van der Waals surface area contributed by atoms with Crippen LogP contribution in [0, 0.1) is 5.92 Å². The van der Waals surface area contributed by atoms with E-state index in [9.17, 15) is 9.90 Å². The monoisotopic (exact) mass is 327 g/mol. The number of carbonyl (C=O) groups is 1. The third-order valence-electron chi connectivity index (χ3n) is 4.24. The van der Waals surface area contributed by atoms with Crippen LogP contribution in [0.1, 0.15) is 42.4 Å². The smallest absolute Gasteiger partial charge is 0.275 e. The number of halogens is 1. The molecule has 1 unspecified atom stereocenters. The number of aromatic amines is 1. The van der Waals surface area contributed by atoms with Gasteiger partial charge in [-0.1, -0.05) is 6.92 Å². The van der Waals surface area contributed by atoms with Crippen molar-refractivity contribution in [3.63, 3.8) is 0 Å². The van der Waals surface area contributed by atoms with E-state index in [1.54, 1.807) is 4.90 Å². The molecule has 0 bridgehead atoms. The van der Waals surface area contributed by atoms with E-state index in [0.29, 0.717) is 31.1 Å². The normalized spacial score (nSPS) is 27.0. The third-order valence-corrected chi connectivity index (χ3v) is 5.09. The largest absolute Gasteiger partial charge is 0.388 e. The van der Waals surface area contributed by atoms with E-state index >= 15 is 0 Å². The summed E-state index contributed by atoms with van der Waals surface area (Å²) < 4.78 is 0.752. The van der Waals surface area contributed by atoms with Crippen LogP contribution in [0.2, 0.25) is 0 Å². The van der Waals surface area contributed by atoms with Crippen LogP contribution < -0.4 is 0 Å². The van der Waals surface area contributed by atoms with Crippen molar-refractivity contribution in [3.05, 3.63) is 15.9 Å². The lowest BCUT2D eigenvalue weighted by Gasteiger charge is -2.22. The molecule has 1 aliphatic heterocycles. The summed E-state index contributed by atoms with van der Waals surface area (Å²) in [6, 6.07) is 0. The first-order valence-corrected chi connectivity index (χ1v) is 7.59. The molecular formula is C13H18BrN3O2. The quantitative estimate of drug-likeness (QED) is 0.888. The fourth-order valence-electron chi connectivity index (χ4n) is 2.83. The van der Waals surface area contributed by atoms with Crippen LogP contribution >= 0.6 is 15.9 Å². The van der Waals surface area contributed by atoms with Gasteiger partial charge >= 0.3 is 0 Å². The van der Waals surface area contributed by atoms with Crippen LogP contribution in [0.25, 0.3) is 0 Å². The summed E-state index contributed by atoms with van der Waals surface area (Å²) >= 11 is 3.43. The van der Waals surface area contributed by atoms with Crippen molar-refractivity contribution in [3.8, 4) is 0 Å². The van der Waals surface area contributed by atoms with Gasteiger partial charge in [0.15, 0.2) is 5.69 Å². The Hall–Kier alpha value is -0.880. The van der Waals surface area contributed by atoms with Gasteiger partial charge in [-0.2, -0.15) is 5.10 Å². The SMILES string of the molecule is CCc1[nH]nc(C(=O)N2CCC(O)(C3CC3)C2)c1Br. The number of likely N-dealkylation sites (tertiary alicyclic amines) is 1. The summed E-state index contributed by atoms with van der Waals surface area (Å²) in [6.07, 6.45) is 3.66. The summed E-state index contributed by atoms with van der Waals surface area (Å²) in [6.45, 7) is 3.07. The van der Waals surface area contributed by atoms with E-state index in [-0.39, 0.29) is 5.91 Å². The zero-order valence-electron chi connectivity index (χ0n) is 10.9. The molecule has 5 nitrogen and oxygen atoms in total. The highest BCUT2D eigenvalue weighted by molar-refractivity contribution is 9.10. The summed E-state index contributed by atoms with van der Waals surface area (Å²) in [7, 11) is 0. The van der Waals surface area contributed by atoms with E-state index in [0.717, 1.165) is 29.4 Å². The number of nitrogens with one attached hydrogen (secondary N) is 1. The molecule has 0 spiro atoms. The number of β-amino-alcohol motifs (C(OH)–C–C–N with tert-alkyl or cyclic N) is 1. The van der Waals surface area contributed by atoms with E-state index in [4.69, 9.17) is 0 Å². The Bertz CT molecular complexity index is 512. The number of hydrogen-bond donors (Lipinski definition) is 2. The van der Waals surface area contributed by atoms with Crippen molar-refractivity contribution < 1.29 is 9.90 Å². The van der Waals surface area contributed by atoms with Crippen molar-refractivity contribution in [2.75, 3.05) is 13.1 Å². The predicted octanol–water partition coefficient (Wildman–Crippen LogP) is 1.72. The Morgan fingerprint density at radius 1 is 1.63 bits per heavy atom. The van der Waals surface area contributed by atoms with E-state index in [1.165, 1.54) is 0 Å². The lowest BCUT2D eigenvalue weighted by molar-refractivity contribution is 0.0256. The molecule has 2 heterocycles. The molecule has 1 amide bonds. The van der Waals surface area contributed by atoms with Gasteiger partial charge in [0.25, 0.3) is 5.91 Å². The molecule has 1 atom stereocenters. The minimum Gasteiger partial charge on any atom is -0.388 e. The first-order chi connectivity index (χ1) is 9.05. The molecule has 1 saturated heterocycles. The Balaban J connectivity index is 1.76. The highest BCUT2D eigenvalue weighted by Gasteiger charge is 2.49. The Labute approximate surface area is 120 Å². The highest BCUT2D eigenvalue weighted by Crippen LogP contribution is 2.44. The number of aryl methyl sites for hydroxylation is 1. The first kappa shape index (κ1) is 13.1. The predicted molar refractivity (Wildman–Crippen MR) is 73.9 cm³/mol. The molecule has 2 fully saturated rings. The van der Waals surface area contributed by atoms with Crippen LogP contribution in [-0.2, 0) is 6.42 Å². The third kappa shape index (κ3) is 2.21. The van der Waals surface area contributed by atoms with Crippen molar-refractivity contribution >= 4 is 21.8 Å². The van der Waals surface area contributed by atoms with Crippen LogP contribution in [0.3, 0.4) is 0 Å². The van der Waals surface area contributed by atoms with Gasteiger partial charge in [-0.25, -0.2) is 0 Å². The molecule has 0 radical (unpaired) electrons. The maximum atomic E-state index is 12.4.